The molecule has 6 nitrogen and oxygen atoms in total. The number of esters is 1. The maximum absolute atomic E-state index is 14.0. The van der Waals surface area contributed by atoms with Gasteiger partial charge in [-0.3, -0.25) is 10.1 Å². The Hall–Kier alpha value is -2.52. The predicted octanol–water partition coefficient (Wildman–Crippen LogP) is 3.39. The second kappa shape index (κ2) is 8.24. The number of aromatic amines is 1. The van der Waals surface area contributed by atoms with Crippen molar-refractivity contribution < 1.29 is 32.5 Å². The molecular formula is C17H15Cl2F3N3O3+. The van der Waals surface area contributed by atoms with Crippen LogP contribution in [0.4, 0.5) is 19.0 Å². The van der Waals surface area contributed by atoms with Gasteiger partial charge >= 0.3 is 17.8 Å². The molecule has 1 aromatic carbocycles. The van der Waals surface area contributed by atoms with Gasteiger partial charge in [-0.05, 0) is 36.8 Å². The molecule has 0 spiro atoms. The Morgan fingerprint density at radius 1 is 1.14 bits per heavy atom. The zero-order valence-electron chi connectivity index (χ0n) is 14.6. The van der Waals surface area contributed by atoms with Crippen LogP contribution in [0.25, 0.3) is 0 Å². The minimum Gasteiger partial charge on any atom is -0.464 e. The predicted molar refractivity (Wildman–Crippen MR) is 96.1 cm³/mol. The lowest BCUT2D eigenvalue weighted by Gasteiger charge is -2.30. The molecule has 150 valence electrons. The Morgan fingerprint density at radius 2 is 1.82 bits per heavy atom. The lowest BCUT2D eigenvalue weighted by Crippen LogP contribution is -2.69. The molecule has 2 aromatic rings. The molecule has 1 aromatic heterocycles. The standard InChI is InChI=1S/C17H14Cl2F3N3O3/c1-9-3-6-13(23-8-9)24-16(15(27)28-2,17(20,21)22)25-14(26)11-5-4-10(18)7-12(11)19/h3-8H,1-2H3,(H,23,24)(H,25,26)/p+1/t16-/m1/s1. The van der Waals surface area contributed by atoms with Crippen LogP contribution in [0, 0.1) is 6.92 Å². The molecule has 1 atom stereocenters. The summed E-state index contributed by atoms with van der Waals surface area (Å²) in [6.07, 6.45) is -3.86. The van der Waals surface area contributed by atoms with E-state index in [0.717, 1.165) is 18.7 Å². The molecule has 0 radical (unpaired) electrons. The van der Waals surface area contributed by atoms with Gasteiger partial charge in [0, 0.05) is 11.1 Å². The van der Waals surface area contributed by atoms with Crippen molar-refractivity contribution in [3.63, 3.8) is 0 Å². The van der Waals surface area contributed by atoms with Crippen LogP contribution in [0.1, 0.15) is 15.9 Å². The third-order valence-corrected chi connectivity index (χ3v) is 4.23. The van der Waals surface area contributed by atoms with Crippen molar-refractivity contribution in [2.45, 2.75) is 18.8 Å². The van der Waals surface area contributed by atoms with Gasteiger partial charge in [0.15, 0.2) is 0 Å². The van der Waals surface area contributed by atoms with E-state index in [1.807, 2.05) is 5.32 Å². The Morgan fingerprint density at radius 3 is 2.32 bits per heavy atom. The lowest BCUT2D eigenvalue weighted by molar-refractivity contribution is -0.363. The monoisotopic (exact) mass is 436 g/mol. The number of alkyl halides is 3. The highest BCUT2D eigenvalue weighted by Gasteiger charge is 2.67. The fourth-order valence-corrected chi connectivity index (χ4v) is 2.73. The average molecular weight is 437 g/mol. The van der Waals surface area contributed by atoms with Gasteiger partial charge in [0.1, 0.15) is 0 Å². The molecular weight excluding hydrogens is 422 g/mol. The number of halogens is 5. The first-order valence-corrected chi connectivity index (χ1v) is 8.45. The van der Waals surface area contributed by atoms with Crippen LogP contribution in [0.3, 0.4) is 0 Å². The maximum atomic E-state index is 14.0. The summed E-state index contributed by atoms with van der Waals surface area (Å²) in [6, 6.07) is 6.38. The Kier molecular flexibility index (Phi) is 6.41. The highest BCUT2D eigenvalue weighted by Crippen LogP contribution is 2.33. The normalized spacial score (nSPS) is 13.4. The number of hydrogen-bond acceptors (Lipinski definition) is 4. The van der Waals surface area contributed by atoms with Gasteiger partial charge in [-0.2, -0.15) is 13.2 Å². The van der Waals surface area contributed by atoms with E-state index in [-0.39, 0.29) is 21.4 Å². The van der Waals surface area contributed by atoms with Crippen LogP contribution in [0.15, 0.2) is 36.5 Å². The number of H-pyrrole nitrogens is 1. The number of ether oxygens (including phenoxy) is 1. The number of carbonyl (C=O) groups is 2. The first-order chi connectivity index (χ1) is 13.0. The lowest BCUT2D eigenvalue weighted by atomic mass is 10.1. The quantitative estimate of drug-likeness (QED) is 0.555. The summed E-state index contributed by atoms with van der Waals surface area (Å²) in [5, 5.41) is 3.65. The smallest absolute Gasteiger partial charge is 0.464 e. The first kappa shape index (κ1) is 21.8. The molecule has 1 amide bonds. The number of amides is 1. The van der Waals surface area contributed by atoms with E-state index in [9.17, 15) is 22.8 Å². The Labute approximate surface area is 168 Å². The third-order valence-electron chi connectivity index (χ3n) is 3.68. The van der Waals surface area contributed by atoms with Crippen LogP contribution in [-0.4, -0.2) is 30.8 Å². The molecule has 28 heavy (non-hydrogen) atoms. The van der Waals surface area contributed by atoms with Crippen LogP contribution >= 0.6 is 23.2 Å². The number of pyridine rings is 1. The van der Waals surface area contributed by atoms with Crippen molar-refractivity contribution in [1.29, 1.82) is 0 Å². The molecule has 0 aliphatic carbocycles. The summed E-state index contributed by atoms with van der Waals surface area (Å²) < 4.78 is 46.2. The molecule has 3 N–H and O–H groups in total. The number of nitrogens with one attached hydrogen (secondary N) is 3. The van der Waals surface area contributed by atoms with E-state index in [4.69, 9.17) is 23.2 Å². The van der Waals surface area contributed by atoms with Crippen molar-refractivity contribution in [1.82, 2.24) is 5.32 Å². The van der Waals surface area contributed by atoms with Gasteiger partial charge in [-0.15, -0.1) is 0 Å². The van der Waals surface area contributed by atoms with E-state index in [2.05, 4.69) is 9.72 Å². The van der Waals surface area contributed by atoms with E-state index in [1.165, 1.54) is 30.5 Å². The number of hydrogen-bond donors (Lipinski definition) is 2. The molecule has 0 fully saturated rings. The van der Waals surface area contributed by atoms with Gasteiger partial charge in [0.25, 0.3) is 11.7 Å². The molecule has 0 unspecified atom stereocenters. The summed E-state index contributed by atoms with van der Waals surface area (Å²) in [5.41, 5.74) is -3.15. The second-order valence-corrected chi connectivity index (χ2v) is 6.57. The second-order valence-electron chi connectivity index (χ2n) is 5.72. The van der Waals surface area contributed by atoms with Crippen molar-refractivity contribution in [2.24, 2.45) is 0 Å². The molecule has 1 heterocycles. The number of anilines is 1. The van der Waals surface area contributed by atoms with Gasteiger partial charge in [-0.1, -0.05) is 23.2 Å². The number of carbonyl (C=O) groups excluding carboxylic acids is 2. The van der Waals surface area contributed by atoms with Gasteiger partial charge in [0.05, 0.1) is 23.9 Å². The molecule has 2 rings (SSSR count). The fourth-order valence-electron chi connectivity index (χ4n) is 2.24. The van der Waals surface area contributed by atoms with Gasteiger partial charge < -0.3 is 4.74 Å². The number of benzene rings is 1. The zero-order valence-corrected chi connectivity index (χ0v) is 16.1. The summed E-state index contributed by atoms with van der Waals surface area (Å²) >= 11 is 11.6. The minimum absolute atomic E-state index is 0.184. The largest absolute Gasteiger partial charge is 0.464 e. The fraction of sp³-hybridized carbons (Fsp3) is 0.235. The summed E-state index contributed by atoms with van der Waals surface area (Å²) in [7, 11) is 0.769. The molecule has 0 saturated heterocycles. The van der Waals surface area contributed by atoms with Crippen LogP contribution in [-0.2, 0) is 9.53 Å². The average Bonchev–Trinajstić information content (AvgIpc) is 2.61. The van der Waals surface area contributed by atoms with Crippen LogP contribution in [0.5, 0.6) is 0 Å². The Balaban J connectivity index is 2.51. The van der Waals surface area contributed by atoms with Crippen molar-refractivity contribution in [3.8, 4) is 0 Å². The van der Waals surface area contributed by atoms with E-state index < -0.39 is 23.7 Å². The maximum Gasteiger partial charge on any atom is 0.464 e. The number of aromatic nitrogens is 1. The number of methoxy groups -OCH3 is 1. The molecule has 11 heteroatoms. The van der Waals surface area contributed by atoms with Crippen LogP contribution in [0.2, 0.25) is 10.0 Å². The Bertz CT molecular complexity index is 891. The molecule has 0 bridgehead atoms. The van der Waals surface area contributed by atoms with E-state index >= 15 is 0 Å². The topological polar surface area (TPSA) is 81.6 Å². The minimum atomic E-state index is -5.27. The highest BCUT2D eigenvalue weighted by atomic mass is 35.5. The molecule has 0 saturated carbocycles. The van der Waals surface area contributed by atoms with Gasteiger partial charge in [0.2, 0.25) is 0 Å². The first-order valence-electron chi connectivity index (χ1n) is 7.69. The SMILES string of the molecule is COC(=O)[C@](NC(=O)c1ccc(Cl)cc1Cl)(Nc1ccc(C)c[nH+]1)C(F)(F)F. The third kappa shape index (κ3) is 4.48. The van der Waals surface area contributed by atoms with Crippen molar-refractivity contribution in [2.75, 3.05) is 12.4 Å². The van der Waals surface area contributed by atoms with Crippen LogP contribution < -0.4 is 15.6 Å². The van der Waals surface area contributed by atoms with Crippen molar-refractivity contribution in [3.05, 3.63) is 57.7 Å². The number of rotatable bonds is 5. The highest BCUT2D eigenvalue weighted by molar-refractivity contribution is 6.36. The van der Waals surface area contributed by atoms with E-state index in [0.29, 0.717) is 0 Å². The number of aryl methyl sites for hydroxylation is 1. The zero-order chi connectivity index (χ0) is 21.1. The van der Waals surface area contributed by atoms with E-state index in [1.54, 1.807) is 12.2 Å². The summed E-state index contributed by atoms with van der Waals surface area (Å²) in [5.74, 6) is -3.22. The van der Waals surface area contributed by atoms with Crippen molar-refractivity contribution >= 4 is 40.9 Å². The molecule has 0 aliphatic heterocycles. The summed E-state index contributed by atoms with van der Waals surface area (Å²) in [4.78, 5) is 27.2. The van der Waals surface area contributed by atoms with Gasteiger partial charge in [-0.25, -0.2) is 15.1 Å². The molecule has 0 aliphatic rings. The summed E-state index contributed by atoms with van der Waals surface area (Å²) in [6.45, 7) is 1.71.